The summed E-state index contributed by atoms with van der Waals surface area (Å²) in [5.74, 6) is 7.25. The molecule has 0 radical (unpaired) electrons. The van der Waals surface area contributed by atoms with E-state index in [1.165, 1.54) is 7.11 Å². The third-order valence-corrected chi connectivity index (χ3v) is 6.62. The van der Waals surface area contributed by atoms with Crippen LogP contribution in [0.5, 0.6) is 11.5 Å². The molecule has 202 valence electrons. The third-order valence-electron chi connectivity index (χ3n) is 6.10. The fourth-order valence-electron chi connectivity index (χ4n) is 3.89. The maximum atomic E-state index is 11.4. The van der Waals surface area contributed by atoms with Crippen LogP contribution in [0.15, 0.2) is 102 Å². The van der Waals surface area contributed by atoms with Crippen LogP contribution in [-0.4, -0.2) is 31.4 Å². The van der Waals surface area contributed by atoms with E-state index in [4.69, 9.17) is 9.47 Å². The lowest BCUT2D eigenvalue weighted by Crippen LogP contribution is -2.13. The van der Waals surface area contributed by atoms with Crippen molar-refractivity contribution in [3.8, 4) is 23.3 Å². The van der Waals surface area contributed by atoms with Crippen molar-refractivity contribution in [3.05, 3.63) is 135 Å². The van der Waals surface area contributed by atoms with Gasteiger partial charge in [-0.1, -0.05) is 64.2 Å². The van der Waals surface area contributed by atoms with Crippen molar-refractivity contribution in [2.45, 2.75) is 13.5 Å². The van der Waals surface area contributed by atoms with E-state index in [-0.39, 0.29) is 13.2 Å². The largest absolute Gasteiger partial charge is 0.489 e. The van der Waals surface area contributed by atoms with Crippen LogP contribution in [0.2, 0.25) is 0 Å². The lowest BCUT2D eigenvalue weighted by atomic mass is 9.97. The van der Waals surface area contributed by atoms with Gasteiger partial charge in [0.2, 0.25) is 0 Å². The molecular formula is C34H29BrO5. The molecule has 4 rings (SSSR count). The van der Waals surface area contributed by atoms with Crippen LogP contribution in [-0.2, 0) is 16.1 Å². The number of hydrogen-bond donors (Lipinski definition) is 1. The van der Waals surface area contributed by atoms with Gasteiger partial charge in [-0.2, -0.15) is 0 Å². The highest BCUT2D eigenvalue weighted by Gasteiger charge is 2.08. The molecule has 0 unspecified atom stereocenters. The topological polar surface area (TPSA) is 65.0 Å². The van der Waals surface area contributed by atoms with Gasteiger partial charge in [0, 0.05) is 15.6 Å². The van der Waals surface area contributed by atoms with E-state index < -0.39 is 5.97 Å². The maximum Gasteiger partial charge on any atom is 0.343 e. The molecule has 0 bridgehead atoms. The maximum absolute atomic E-state index is 11.4. The molecule has 5 nitrogen and oxygen atoms in total. The van der Waals surface area contributed by atoms with Gasteiger partial charge in [0.25, 0.3) is 0 Å². The number of methoxy groups -OCH3 is 1. The Bertz CT molecular complexity index is 1530. The summed E-state index contributed by atoms with van der Waals surface area (Å²) < 4.78 is 17.2. The third kappa shape index (κ3) is 8.09. The van der Waals surface area contributed by atoms with Crippen LogP contribution in [0.4, 0.5) is 0 Å². The van der Waals surface area contributed by atoms with Crippen LogP contribution < -0.4 is 9.47 Å². The van der Waals surface area contributed by atoms with Gasteiger partial charge < -0.3 is 19.3 Å². The van der Waals surface area contributed by atoms with Crippen molar-refractivity contribution in [3.63, 3.8) is 0 Å². The molecule has 1 N–H and O–H groups in total. The molecule has 0 saturated carbocycles. The number of hydrogen-bond acceptors (Lipinski definition) is 5. The Balaban J connectivity index is 1.50. The van der Waals surface area contributed by atoms with Crippen molar-refractivity contribution in [2.75, 3.05) is 20.3 Å². The smallest absolute Gasteiger partial charge is 0.343 e. The molecule has 4 aromatic carbocycles. The average Bonchev–Trinajstić information content (AvgIpc) is 2.99. The molecule has 0 aliphatic heterocycles. The number of aliphatic hydroxyl groups is 1. The number of aryl methyl sites for hydroxylation is 1. The molecule has 0 fully saturated rings. The zero-order valence-electron chi connectivity index (χ0n) is 22.3. The van der Waals surface area contributed by atoms with Crippen LogP contribution in [0, 0.1) is 18.8 Å². The minimum Gasteiger partial charge on any atom is -0.489 e. The molecule has 0 spiro atoms. The van der Waals surface area contributed by atoms with Crippen molar-refractivity contribution < 1.29 is 24.1 Å². The molecule has 6 heteroatoms. The highest BCUT2D eigenvalue weighted by Crippen LogP contribution is 2.27. The fraction of sp³-hybridized carbons (Fsp3) is 0.147. The van der Waals surface area contributed by atoms with Crippen LogP contribution in [0.1, 0.15) is 33.4 Å². The second-order valence-electron chi connectivity index (χ2n) is 8.91. The first-order chi connectivity index (χ1) is 19.4. The number of halogens is 1. The second kappa shape index (κ2) is 14.2. The van der Waals surface area contributed by atoms with Gasteiger partial charge in [0.1, 0.15) is 18.1 Å². The zero-order chi connectivity index (χ0) is 28.3. The van der Waals surface area contributed by atoms with Crippen molar-refractivity contribution in [1.82, 2.24) is 0 Å². The normalized spacial score (nSPS) is 10.8. The summed E-state index contributed by atoms with van der Waals surface area (Å²) in [5.41, 5.74) is 6.69. The summed E-state index contributed by atoms with van der Waals surface area (Å²) in [4.78, 5) is 11.4. The van der Waals surface area contributed by atoms with Gasteiger partial charge in [0.15, 0.2) is 6.61 Å². The lowest BCUT2D eigenvalue weighted by Gasteiger charge is -2.12. The summed E-state index contributed by atoms with van der Waals surface area (Å²) in [7, 11) is 1.33. The summed E-state index contributed by atoms with van der Waals surface area (Å²) in [6.07, 6.45) is 2.06. The molecule has 0 heterocycles. The van der Waals surface area contributed by atoms with Gasteiger partial charge in [-0.25, -0.2) is 4.79 Å². The molecule has 0 aliphatic rings. The van der Waals surface area contributed by atoms with Crippen LogP contribution in [0.3, 0.4) is 0 Å². The van der Waals surface area contributed by atoms with E-state index in [2.05, 4.69) is 62.8 Å². The monoisotopic (exact) mass is 596 g/mol. The van der Waals surface area contributed by atoms with E-state index >= 15 is 0 Å². The van der Waals surface area contributed by atoms with E-state index in [9.17, 15) is 9.90 Å². The van der Waals surface area contributed by atoms with Gasteiger partial charge in [-0.3, -0.25) is 0 Å². The number of carbonyl (C=O) groups is 1. The number of benzene rings is 4. The minimum absolute atomic E-state index is 0.0216. The number of esters is 1. The Labute approximate surface area is 243 Å². The van der Waals surface area contributed by atoms with Crippen molar-refractivity contribution >= 4 is 27.5 Å². The van der Waals surface area contributed by atoms with Crippen molar-refractivity contribution in [1.29, 1.82) is 0 Å². The highest BCUT2D eigenvalue weighted by atomic mass is 79.9. The standard InChI is InChI=1S/C34H29BrO5/c1-24-21-31(17-18-33(24)40-23-34(37)38-2)39-20-19-32(29-13-15-30(35)16-14-29)28-11-9-26(10-12-28)4-3-25-5-7-27(22-36)8-6-25/h5-19,21,36H,20,22-23H2,1-2H3/b32-19+. The minimum atomic E-state index is -0.432. The molecule has 40 heavy (non-hydrogen) atoms. The van der Waals surface area contributed by atoms with Gasteiger partial charge in [-0.05, 0) is 95.4 Å². The predicted octanol–water partition coefficient (Wildman–Crippen LogP) is 6.71. The second-order valence-corrected chi connectivity index (χ2v) is 9.83. The quantitative estimate of drug-likeness (QED) is 0.172. The predicted molar refractivity (Wildman–Crippen MR) is 160 cm³/mol. The zero-order valence-corrected chi connectivity index (χ0v) is 23.9. The molecule has 0 amide bonds. The summed E-state index contributed by atoms with van der Waals surface area (Å²) in [5, 5.41) is 9.21. The van der Waals surface area contributed by atoms with Gasteiger partial charge >= 0.3 is 5.97 Å². The Morgan fingerprint density at radius 3 is 2.02 bits per heavy atom. The Morgan fingerprint density at radius 1 is 0.850 bits per heavy atom. The summed E-state index contributed by atoms with van der Waals surface area (Å²) in [6.45, 7) is 2.14. The number of aliphatic hydroxyl groups excluding tert-OH is 1. The SMILES string of the molecule is COC(=O)COc1ccc(OC/C=C(/c2ccc(Br)cc2)c2ccc(C#Cc3ccc(CO)cc3)cc2)cc1C. The number of ether oxygens (including phenoxy) is 3. The van der Waals surface area contributed by atoms with Crippen LogP contribution >= 0.6 is 15.9 Å². The Kier molecular flexibility index (Phi) is 10.2. The highest BCUT2D eigenvalue weighted by molar-refractivity contribution is 9.10. The Hall–Kier alpha value is -4.31. The van der Waals surface area contributed by atoms with Crippen LogP contribution in [0.25, 0.3) is 5.57 Å². The molecule has 0 aliphatic carbocycles. The lowest BCUT2D eigenvalue weighted by molar-refractivity contribution is -0.142. The van der Waals surface area contributed by atoms with Gasteiger partial charge in [0.05, 0.1) is 13.7 Å². The molecule has 0 aromatic heterocycles. The molecular weight excluding hydrogens is 568 g/mol. The fourth-order valence-corrected chi connectivity index (χ4v) is 4.16. The summed E-state index contributed by atoms with van der Waals surface area (Å²) in [6, 6.07) is 29.3. The van der Waals surface area contributed by atoms with E-state index in [1.807, 2.05) is 67.6 Å². The average molecular weight is 598 g/mol. The number of rotatable bonds is 9. The van der Waals surface area contributed by atoms with Crippen molar-refractivity contribution in [2.24, 2.45) is 0 Å². The molecule has 0 atom stereocenters. The van der Waals surface area contributed by atoms with E-state index in [1.54, 1.807) is 6.07 Å². The first-order valence-electron chi connectivity index (χ1n) is 12.7. The van der Waals surface area contributed by atoms with Gasteiger partial charge in [-0.15, -0.1) is 0 Å². The number of carbonyl (C=O) groups excluding carboxylic acids is 1. The van der Waals surface area contributed by atoms with E-state index in [0.29, 0.717) is 18.1 Å². The summed E-state index contributed by atoms with van der Waals surface area (Å²) >= 11 is 3.52. The first kappa shape index (κ1) is 28.7. The first-order valence-corrected chi connectivity index (χ1v) is 13.5. The molecule has 0 saturated heterocycles. The van der Waals surface area contributed by atoms with E-state index in [0.717, 1.165) is 43.4 Å². The molecule has 4 aromatic rings. The Morgan fingerprint density at radius 2 is 1.45 bits per heavy atom.